The van der Waals surface area contributed by atoms with Gasteiger partial charge in [0.05, 0.1) is 0 Å². The van der Waals surface area contributed by atoms with Gasteiger partial charge in [0.25, 0.3) is 0 Å². The maximum atomic E-state index is 9.04. The van der Waals surface area contributed by atoms with Crippen LogP contribution in [0.2, 0.25) is 0 Å². The van der Waals surface area contributed by atoms with Crippen molar-refractivity contribution >= 4 is 0 Å². The molecule has 1 aromatic rings. The number of nitrogens with zero attached hydrogens (tertiary/aromatic N) is 4. The molecule has 4 heteroatoms. The van der Waals surface area contributed by atoms with E-state index in [0.717, 1.165) is 23.6 Å². The first-order valence-corrected chi connectivity index (χ1v) is 7.00. The molecule has 4 aliphatic carbocycles. The quantitative estimate of drug-likeness (QED) is 0.758. The number of nitriles is 1. The Bertz CT molecular complexity index is 501. The molecule has 4 saturated carbocycles. The van der Waals surface area contributed by atoms with Crippen LogP contribution in [-0.4, -0.2) is 14.8 Å². The second-order valence-electron chi connectivity index (χ2n) is 6.72. The van der Waals surface area contributed by atoms with Crippen molar-refractivity contribution in [3.63, 3.8) is 0 Å². The molecule has 4 bridgehead atoms. The summed E-state index contributed by atoms with van der Waals surface area (Å²) in [6.45, 7) is 0. The average Bonchev–Trinajstić information content (AvgIpc) is 2.69. The molecule has 0 unspecified atom stereocenters. The number of hydrogen-bond acceptors (Lipinski definition) is 3. The zero-order chi connectivity index (χ0) is 12.3. The third kappa shape index (κ3) is 1.25. The van der Waals surface area contributed by atoms with Crippen molar-refractivity contribution in [1.82, 2.24) is 14.8 Å². The summed E-state index contributed by atoms with van der Waals surface area (Å²) in [5.74, 6) is 4.24. The van der Waals surface area contributed by atoms with Crippen molar-refractivity contribution in [3.05, 3.63) is 11.6 Å². The highest BCUT2D eigenvalue weighted by atomic mass is 15.3. The van der Waals surface area contributed by atoms with Gasteiger partial charge in [-0.1, -0.05) is 0 Å². The van der Waals surface area contributed by atoms with Crippen molar-refractivity contribution in [2.45, 2.75) is 43.9 Å². The molecule has 0 atom stereocenters. The molecule has 4 aliphatic rings. The Morgan fingerprint density at radius 1 is 1.11 bits per heavy atom. The van der Waals surface area contributed by atoms with Gasteiger partial charge < -0.3 is 4.57 Å². The summed E-state index contributed by atoms with van der Waals surface area (Å²) in [6, 6.07) is 2.14. The first-order chi connectivity index (χ1) is 8.70. The minimum absolute atomic E-state index is 0.242. The van der Waals surface area contributed by atoms with E-state index < -0.39 is 0 Å². The van der Waals surface area contributed by atoms with Gasteiger partial charge >= 0.3 is 0 Å². The molecule has 0 saturated heterocycles. The Hall–Kier alpha value is -1.37. The smallest absolute Gasteiger partial charge is 0.234 e. The second kappa shape index (κ2) is 3.34. The summed E-state index contributed by atoms with van der Waals surface area (Å²) < 4.78 is 1.94. The third-order valence-electron chi connectivity index (χ3n) is 5.49. The van der Waals surface area contributed by atoms with Crippen molar-refractivity contribution in [3.8, 4) is 6.07 Å². The van der Waals surface area contributed by atoms with Crippen molar-refractivity contribution in [2.75, 3.05) is 0 Å². The van der Waals surface area contributed by atoms with Crippen LogP contribution in [0.3, 0.4) is 0 Å². The summed E-state index contributed by atoms with van der Waals surface area (Å²) in [5.41, 5.74) is 0.242. The molecule has 0 spiro atoms. The molecule has 94 valence electrons. The Morgan fingerprint density at radius 2 is 1.67 bits per heavy atom. The van der Waals surface area contributed by atoms with Crippen LogP contribution in [0, 0.1) is 29.1 Å². The Balaban J connectivity index is 1.79. The Labute approximate surface area is 107 Å². The van der Waals surface area contributed by atoms with Gasteiger partial charge in [-0.05, 0) is 56.3 Å². The van der Waals surface area contributed by atoms with E-state index >= 15 is 0 Å². The first-order valence-electron chi connectivity index (χ1n) is 7.00. The molecule has 1 aromatic heterocycles. The van der Waals surface area contributed by atoms with Crippen LogP contribution in [0.15, 0.2) is 0 Å². The predicted octanol–water partition coefficient (Wildman–Crippen LogP) is 2.15. The van der Waals surface area contributed by atoms with E-state index in [1.54, 1.807) is 0 Å². The molecule has 0 aliphatic heterocycles. The second-order valence-corrected chi connectivity index (χ2v) is 6.72. The fraction of sp³-hybridized carbons (Fsp3) is 0.786. The van der Waals surface area contributed by atoms with Crippen LogP contribution in [0.5, 0.6) is 0 Å². The van der Waals surface area contributed by atoms with Crippen LogP contribution in [0.25, 0.3) is 0 Å². The number of rotatable bonds is 1. The molecule has 4 fully saturated rings. The van der Waals surface area contributed by atoms with Crippen LogP contribution in [-0.2, 0) is 12.5 Å². The van der Waals surface area contributed by atoms with Gasteiger partial charge in [-0.2, -0.15) is 5.26 Å². The average molecular weight is 242 g/mol. The standard InChI is InChI=1S/C14H18N4/c1-18-12(8-15)16-17-13(18)14-5-9-2-10(6-14)4-11(3-9)7-14/h9-11H,2-7H2,1H3. The summed E-state index contributed by atoms with van der Waals surface area (Å²) in [7, 11) is 1.95. The summed E-state index contributed by atoms with van der Waals surface area (Å²) in [4.78, 5) is 0. The lowest BCUT2D eigenvalue weighted by molar-refractivity contribution is -0.0108. The van der Waals surface area contributed by atoms with E-state index in [4.69, 9.17) is 5.26 Å². The minimum Gasteiger partial charge on any atom is -0.305 e. The van der Waals surface area contributed by atoms with E-state index in [9.17, 15) is 0 Å². The fourth-order valence-corrected chi connectivity index (χ4v) is 5.27. The van der Waals surface area contributed by atoms with E-state index in [0.29, 0.717) is 5.82 Å². The molecule has 4 nitrogen and oxygen atoms in total. The monoisotopic (exact) mass is 242 g/mol. The molecule has 18 heavy (non-hydrogen) atoms. The molecule has 0 N–H and O–H groups in total. The molecule has 0 radical (unpaired) electrons. The SMILES string of the molecule is Cn1c(C#N)nnc1C12CC3CC(CC(C3)C1)C2. The number of hydrogen-bond donors (Lipinski definition) is 0. The highest BCUT2D eigenvalue weighted by Gasteiger charge is 2.53. The molecule has 1 heterocycles. The van der Waals surface area contributed by atoms with Gasteiger partial charge in [0.15, 0.2) is 0 Å². The van der Waals surface area contributed by atoms with Crippen molar-refractivity contribution in [1.29, 1.82) is 5.26 Å². The molecule has 0 aromatic carbocycles. The summed E-state index contributed by atoms with van der Waals surface area (Å²) >= 11 is 0. The maximum absolute atomic E-state index is 9.04. The van der Waals surface area contributed by atoms with Crippen molar-refractivity contribution < 1.29 is 0 Å². The van der Waals surface area contributed by atoms with Gasteiger partial charge in [0.1, 0.15) is 11.9 Å². The van der Waals surface area contributed by atoms with Gasteiger partial charge in [0, 0.05) is 12.5 Å². The van der Waals surface area contributed by atoms with Crippen LogP contribution < -0.4 is 0 Å². The first kappa shape index (κ1) is 10.5. The summed E-state index contributed by atoms with van der Waals surface area (Å²) in [6.07, 6.45) is 8.12. The van der Waals surface area contributed by atoms with E-state index in [-0.39, 0.29) is 5.41 Å². The van der Waals surface area contributed by atoms with E-state index in [1.807, 2.05) is 11.6 Å². The van der Waals surface area contributed by atoms with E-state index in [1.165, 1.54) is 38.5 Å². The van der Waals surface area contributed by atoms with Crippen molar-refractivity contribution in [2.24, 2.45) is 24.8 Å². The topological polar surface area (TPSA) is 54.5 Å². The van der Waals surface area contributed by atoms with E-state index in [2.05, 4.69) is 16.3 Å². The highest BCUT2D eigenvalue weighted by Crippen LogP contribution is 2.60. The van der Waals surface area contributed by atoms with Crippen LogP contribution in [0.1, 0.15) is 50.2 Å². The normalized spacial score (nSPS) is 41.0. The van der Waals surface area contributed by atoms with Crippen LogP contribution >= 0.6 is 0 Å². The maximum Gasteiger partial charge on any atom is 0.234 e. The van der Waals surface area contributed by atoms with Gasteiger partial charge in [0.2, 0.25) is 5.82 Å². The fourth-order valence-electron chi connectivity index (χ4n) is 5.27. The van der Waals surface area contributed by atoms with Gasteiger partial charge in [-0.3, -0.25) is 0 Å². The lowest BCUT2D eigenvalue weighted by Gasteiger charge is -2.56. The molecular weight excluding hydrogens is 224 g/mol. The molecular formula is C14H18N4. The zero-order valence-electron chi connectivity index (χ0n) is 10.8. The third-order valence-corrected chi connectivity index (χ3v) is 5.49. The lowest BCUT2D eigenvalue weighted by atomic mass is 9.49. The van der Waals surface area contributed by atoms with Gasteiger partial charge in [-0.15, -0.1) is 10.2 Å². The highest BCUT2D eigenvalue weighted by molar-refractivity contribution is 5.21. The number of aromatic nitrogens is 3. The predicted molar refractivity (Wildman–Crippen MR) is 65.6 cm³/mol. The lowest BCUT2D eigenvalue weighted by Crippen LogP contribution is -2.49. The largest absolute Gasteiger partial charge is 0.305 e. The summed E-state index contributed by atoms with van der Waals surface area (Å²) in [5, 5.41) is 17.5. The van der Waals surface area contributed by atoms with Gasteiger partial charge in [-0.25, -0.2) is 0 Å². The van der Waals surface area contributed by atoms with Crippen LogP contribution in [0.4, 0.5) is 0 Å². The Kier molecular flexibility index (Phi) is 1.96. The molecule has 0 amide bonds. The zero-order valence-corrected chi connectivity index (χ0v) is 10.8. The Morgan fingerprint density at radius 3 is 2.11 bits per heavy atom. The minimum atomic E-state index is 0.242. The molecule has 5 rings (SSSR count).